The van der Waals surface area contributed by atoms with Gasteiger partial charge in [0, 0.05) is 38.1 Å². The van der Waals surface area contributed by atoms with E-state index in [1.165, 1.54) is 0 Å². The van der Waals surface area contributed by atoms with Crippen LogP contribution in [0.25, 0.3) is 0 Å². The van der Waals surface area contributed by atoms with Crippen LogP contribution in [0.1, 0.15) is 18.4 Å². The van der Waals surface area contributed by atoms with E-state index in [2.05, 4.69) is 25.5 Å². The van der Waals surface area contributed by atoms with Crippen molar-refractivity contribution in [3.8, 4) is 11.5 Å². The summed E-state index contributed by atoms with van der Waals surface area (Å²) in [7, 11) is 0. The van der Waals surface area contributed by atoms with Gasteiger partial charge in [0.2, 0.25) is 12.7 Å². The molecule has 2 aromatic rings. The first-order valence-corrected chi connectivity index (χ1v) is 8.73. The summed E-state index contributed by atoms with van der Waals surface area (Å²) in [4.78, 5) is 22.9. The van der Waals surface area contributed by atoms with Gasteiger partial charge in [0.1, 0.15) is 0 Å². The number of aromatic nitrogens is 2. The number of ether oxygens (including phenoxy) is 2. The Labute approximate surface area is 151 Å². The molecule has 1 aromatic heterocycles. The number of benzene rings is 1. The minimum Gasteiger partial charge on any atom is -0.454 e. The molecule has 0 bridgehead atoms. The van der Waals surface area contributed by atoms with Crippen LogP contribution in [0.2, 0.25) is 0 Å². The molecule has 1 unspecified atom stereocenters. The minimum atomic E-state index is -0.191. The largest absolute Gasteiger partial charge is 0.454 e. The molecule has 1 aromatic carbocycles. The van der Waals surface area contributed by atoms with Crippen molar-refractivity contribution in [3.63, 3.8) is 0 Å². The van der Waals surface area contributed by atoms with Gasteiger partial charge in [-0.2, -0.15) is 0 Å². The number of nitrogens with zero attached hydrogens (tertiary/aromatic N) is 3. The van der Waals surface area contributed by atoms with E-state index in [4.69, 9.17) is 9.47 Å². The fourth-order valence-electron chi connectivity index (χ4n) is 3.26. The van der Waals surface area contributed by atoms with Gasteiger partial charge < -0.3 is 25.0 Å². The molecule has 8 heteroatoms. The second-order valence-electron chi connectivity index (χ2n) is 6.29. The van der Waals surface area contributed by atoms with Crippen LogP contribution in [0.5, 0.6) is 11.5 Å². The molecular weight excluding hydrogens is 334 g/mol. The minimum absolute atomic E-state index is 0.191. The van der Waals surface area contributed by atoms with Crippen LogP contribution in [0.15, 0.2) is 36.7 Å². The fraction of sp³-hybridized carbons (Fsp3) is 0.389. The Morgan fingerprint density at radius 1 is 1.19 bits per heavy atom. The van der Waals surface area contributed by atoms with Gasteiger partial charge in [-0.3, -0.25) is 0 Å². The molecular formula is C18H21N5O3. The number of hydrogen-bond donors (Lipinski definition) is 2. The third kappa shape index (κ3) is 3.63. The Morgan fingerprint density at radius 3 is 2.92 bits per heavy atom. The smallest absolute Gasteiger partial charge is 0.315 e. The maximum atomic E-state index is 12.1. The van der Waals surface area contributed by atoms with Gasteiger partial charge in [-0.1, -0.05) is 6.07 Å². The molecule has 1 saturated heterocycles. The number of rotatable bonds is 5. The van der Waals surface area contributed by atoms with E-state index in [0.29, 0.717) is 18.8 Å². The van der Waals surface area contributed by atoms with Crippen molar-refractivity contribution in [2.75, 3.05) is 24.8 Å². The molecule has 1 fully saturated rings. The van der Waals surface area contributed by atoms with Crippen LogP contribution in [0.3, 0.4) is 0 Å². The first kappa shape index (κ1) is 16.4. The van der Waals surface area contributed by atoms with Crippen molar-refractivity contribution in [2.24, 2.45) is 0 Å². The lowest BCUT2D eigenvalue weighted by Crippen LogP contribution is -2.44. The second-order valence-corrected chi connectivity index (χ2v) is 6.29. The fourth-order valence-corrected chi connectivity index (χ4v) is 3.26. The predicted molar refractivity (Wildman–Crippen MR) is 95.2 cm³/mol. The van der Waals surface area contributed by atoms with E-state index >= 15 is 0 Å². The van der Waals surface area contributed by atoms with Gasteiger partial charge in [0.15, 0.2) is 11.5 Å². The molecule has 136 valence electrons. The SMILES string of the molecule is O=C(NCc1ccc2c(c1)OCO2)NCC1CCCN1c1ncccn1. The summed E-state index contributed by atoms with van der Waals surface area (Å²) < 4.78 is 10.6. The van der Waals surface area contributed by atoms with Gasteiger partial charge >= 0.3 is 6.03 Å². The number of urea groups is 1. The van der Waals surface area contributed by atoms with Gasteiger partial charge in [-0.15, -0.1) is 0 Å². The lowest BCUT2D eigenvalue weighted by atomic mass is 10.2. The zero-order valence-corrected chi connectivity index (χ0v) is 14.4. The van der Waals surface area contributed by atoms with Gasteiger partial charge in [-0.25, -0.2) is 14.8 Å². The van der Waals surface area contributed by atoms with Crippen LogP contribution >= 0.6 is 0 Å². The highest BCUT2D eigenvalue weighted by Gasteiger charge is 2.26. The van der Waals surface area contributed by atoms with Gasteiger partial charge in [-0.05, 0) is 36.6 Å². The number of carbonyl (C=O) groups is 1. The zero-order chi connectivity index (χ0) is 17.8. The highest BCUT2D eigenvalue weighted by Crippen LogP contribution is 2.32. The molecule has 2 aliphatic rings. The summed E-state index contributed by atoms with van der Waals surface area (Å²) in [5.41, 5.74) is 0.963. The van der Waals surface area contributed by atoms with Crippen molar-refractivity contribution < 1.29 is 14.3 Å². The van der Waals surface area contributed by atoms with Crippen molar-refractivity contribution in [3.05, 3.63) is 42.2 Å². The molecule has 0 spiro atoms. The molecule has 0 saturated carbocycles. The average Bonchev–Trinajstić information content (AvgIpc) is 3.34. The normalized spacial score (nSPS) is 18.0. The Balaban J connectivity index is 1.26. The van der Waals surface area contributed by atoms with Crippen LogP contribution in [0, 0.1) is 0 Å². The van der Waals surface area contributed by atoms with Crippen LogP contribution in [0.4, 0.5) is 10.7 Å². The van der Waals surface area contributed by atoms with Crippen molar-refractivity contribution in [2.45, 2.75) is 25.4 Å². The molecule has 2 aliphatic heterocycles. The first-order valence-electron chi connectivity index (χ1n) is 8.73. The Hall–Kier alpha value is -3.03. The van der Waals surface area contributed by atoms with Crippen LogP contribution < -0.4 is 25.0 Å². The zero-order valence-electron chi connectivity index (χ0n) is 14.4. The molecule has 2 N–H and O–H groups in total. The molecule has 26 heavy (non-hydrogen) atoms. The highest BCUT2D eigenvalue weighted by atomic mass is 16.7. The maximum absolute atomic E-state index is 12.1. The van der Waals surface area contributed by atoms with E-state index in [-0.39, 0.29) is 18.9 Å². The maximum Gasteiger partial charge on any atom is 0.315 e. The first-order chi connectivity index (χ1) is 12.8. The van der Waals surface area contributed by atoms with Crippen molar-refractivity contribution in [1.82, 2.24) is 20.6 Å². The van der Waals surface area contributed by atoms with Crippen molar-refractivity contribution in [1.29, 1.82) is 0 Å². The topological polar surface area (TPSA) is 88.6 Å². The second kappa shape index (κ2) is 7.47. The molecule has 3 heterocycles. The van der Waals surface area contributed by atoms with Gasteiger partial charge in [0.05, 0.1) is 0 Å². The number of nitrogens with one attached hydrogen (secondary N) is 2. The quantitative estimate of drug-likeness (QED) is 0.848. The summed E-state index contributed by atoms with van der Waals surface area (Å²) in [6, 6.07) is 7.48. The number of anilines is 1. The lowest BCUT2D eigenvalue weighted by Gasteiger charge is -2.24. The standard InChI is InChI=1S/C18H21N5O3/c24-18(21-10-13-4-5-15-16(9-13)26-12-25-15)22-11-14-3-1-8-23(14)17-19-6-2-7-20-17/h2,4-7,9,14H,1,3,8,10-12H2,(H2,21,22,24). The third-order valence-electron chi connectivity index (χ3n) is 4.57. The van der Waals surface area contributed by atoms with E-state index in [9.17, 15) is 4.79 Å². The van der Waals surface area contributed by atoms with E-state index in [1.807, 2.05) is 18.2 Å². The number of amides is 2. The molecule has 8 nitrogen and oxygen atoms in total. The van der Waals surface area contributed by atoms with Crippen LogP contribution in [-0.2, 0) is 6.54 Å². The molecule has 2 amide bonds. The average molecular weight is 355 g/mol. The monoisotopic (exact) mass is 355 g/mol. The third-order valence-corrected chi connectivity index (χ3v) is 4.57. The van der Waals surface area contributed by atoms with Crippen molar-refractivity contribution >= 4 is 12.0 Å². The van der Waals surface area contributed by atoms with E-state index < -0.39 is 0 Å². The van der Waals surface area contributed by atoms with Crippen LogP contribution in [-0.4, -0.2) is 41.9 Å². The summed E-state index contributed by atoms with van der Waals surface area (Å²) >= 11 is 0. The Kier molecular flexibility index (Phi) is 4.72. The molecule has 0 aliphatic carbocycles. The van der Waals surface area contributed by atoms with E-state index in [1.54, 1.807) is 18.5 Å². The van der Waals surface area contributed by atoms with Gasteiger partial charge in [0.25, 0.3) is 0 Å². The Bertz CT molecular complexity index is 771. The predicted octanol–water partition coefficient (Wildman–Crippen LogP) is 1.67. The molecule has 4 rings (SSSR count). The number of carbonyl (C=O) groups excluding carboxylic acids is 1. The van der Waals surface area contributed by atoms with E-state index in [0.717, 1.165) is 36.6 Å². The summed E-state index contributed by atoms with van der Waals surface area (Å²) in [5, 5.41) is 5.82. The lowest BCUT2D eigenvalue weighted by molar-refractivity contribution is 0.174. The Morgan fingerprint density at radius 2 is 2.04 bits per heavy atom. The summed E-state index contributed by atoms with van der Waals surface area (Å²) in [6.45, 7) is 2.15. The molecule has 0 radical (unpaired) electrons. The highest BCUT2D eigenvalue weighted by molar-refractivity contribution is 5.74. The summed E-state index contributed by atoms with van der Waals surface area (Å²) in [5.74, 6) is 2.18. The number of hydrogen-bond acceptors (Lipinski definition) is 6. The summed E-state index contributed by atoms with van der Waals surface area (Å²) in [6.07, 6.45) is 5.57. The number of fused-ring (bicyclic) bond motifs is 1. The molecule has 1 atom stereocenters.